The maximum atomic E-state index is 11.1. The summed E-state index contributed by atoms with van der Waals surface area (Å²) in [5.74, 6) is 0. The molecular formula is C9H14N4O2S. The lowest BCUT2D eigenvalue weighted by atomic mass is 10.3. The van der Waals surface area contributed by atoms with Gasteiger partial charge in [0.1, 0.15) is 0 Å². The number of hydrogen-bond acceptors (Lipinski definition) is 4. The van der Waals surface area contributed by atoms with Gasteiger partial charge < -0.3 is 4.90 Å². The molecule has 6 nitrogen and oxygen atoms in total. The predicted octanol–water partition coefficient (Wildman–Crippen LogP) is -0.593. The van der Waals surface area contributed by atoms with Gasteiger partial charge in [0, 0.05) is 44.3 Å². The van der Waals surface area contributed by atoms with Crippen LogP contribution in [-0.4, -0.2) is 43.9 Å². The van der Waals surface area contributed by atoms with Crippen LogP contribution in [-0.2, 0) is 10.2 Å². The van der Waals surface area contributed by atoms with E-state index in [-0.39, 0.29) is 0 Å². The van der Waals surface area contributed by atoms with Crippen LogP contribution >= 0.6 is 0 Å². The maximum absolute atomic E-state index is 11.1. The lowest BCUT2D eigenvalue weighted by Crippen LogP contribution is -2.50. The SMILES string of the molecule is NS(=O)(=O)N1CCN(c2ccncc2)CC1. The summed E-state index contributed by atoms with van der Waals surface area (Å²) in [6.45, 7) is 2.17. The van der Waals surface area contributed by atoms with Crippen LogP contribution in [0.3, 0.4) is 0 Å². The Labute approximate surface area is 94.9 Å². The fourth-order valence-electron chi connectivity index (χ4n) is 1.76. The number of rotatable bonds is 2. The zero-order chi connectivity index (χ0) is 11.6. The van der Waals surface area contributed by atoms with E-state index in [4.69, 9.17) is 5.14 Å². The first kappa shape index (κ1) is 11.3. The zero-order valence-electron chi connectivity index (χ0n) is 8.78. The molecule has 1 aromatic heterocycles. The average Bonchev–Trinajstić information content (AvgIpc) is 2.29. The number of nitrogens with two attached hydrogens (primary N) is 1. The predicted molar refractivity (Wildman–Crippen MR) is 61.1 cm³/mol. The summed E-state index contributed by atoms with van der Waals surface area (Å²) in [6.07, 6.45) is 3.45. The highest BCUT2D eigenvalue weighted by Gasteiger charge is 2.23. The summed E-state index contributed by atoms with van der Waals surface area (Å²) < 4.78 is 23.5. The lowest BCUT2D eigenvalue weighted by molar-refractivity contribution is 0.385. The van der Waals surface area contributed by atoms with Gasteiger partial charge in [-0.3, -0.25) is 4.98 Å². The van der Waals surface area contributed by atoms with Crippen molar-refractivity contribution in [2.45, 2.75) is 0 Å². The van der Waals surface area contributed by atoms with Gasteiger partial charge in [0.15, 0.2) is 0 Å². The van der Waals surface area contributed by atoms with Crippen molar-refractivity contribution >= 4 is 15.9 Å². The third-order valence-electron chi connectivity index (χ3n) is 2.63. The third kappa shape index (κ3) is 2.49. The zero-order valence-corrected chi connectivity index (χ0v) is 9.60. The second-order valence-electron chi connectivity index (χ2n) is 3.64. The van der Waals surface area contributed by atoms with E-state index in [9.17, 15) is 8.42 Å². The number of piperazine rings is 1. The van der Waals surface area contributed by atoms with Gasteiger partial charge >= 0.3 is 0 Å². The molecule has 0 radical (unpaired) electrons. The number of pyridine rings is 1. The van der Waals surface area contributed by atoms with E-state index in [0.29, 0.717) is 26.2 Å². The van der Waals surface area contributed by atoms with E-state index in [0.717, 1.165) is 5.69 Å². The molecule has 2 rings (SSSR count). The van der Waals surface area contributed by atoms with Crippen molar-refractivity contribution in [3.05, 3.63) is 24.5 Å². The smallest absolute Gasteiger partial charge is 0.277 e. The van der Waals surface area contributed by atoms with Crippen molar-refractivity contribution in [2.24, 2.45) is 5.14 Å². The molecule has 16 heavy (non-hydrogen) atoms. The monoisotopic (exact) mass is 242 g/mol. The summed E-state index contributed by atoms with van der Waals surface area (Å²) >= 11 is 0. The summed E-state index contributed by atoms with van der Waals surface area (Å²) in [4.78, 5) is 6.06. The van der Waals surface area contributed by atoms with Gasteiger partial charge in [-0.15, -0.1) is 0 Å². The fourth-order valence-corrected chi connectivity index (χ4v) is 2.43. The largest absolute Gasteiger partial charge is 0.369 e. The van der Waals surface area contributed by atoms with E-state index in [1.54, 1.807) is 12.4 Å². The average molecular weight is 242 g/mol. The van der Waals surface area contributed by atoms with Crippen LogP contribution in [0.25, 0.3) is 0 Å². The highest BCUT2D eigenvalue weighted by atomic mass is 32.2. The van der Waals surface area contributed by atoms with E-state index in [1.165, 1.54) is 4.31 Å². The Morgan fingerprint density at radius 3 is 2.19 bits per heavy atom. The van der Waals surface area contributed by atoms with Crippen molar-refractivity contribution in [3.63, 3.8) is 0 Å². The molecule has 0 aliphatic carbocycles. The van der Waals surface area contributed by atoms with Crippen molar-refractivity contribution in [1.29, 1.82) is 0 Å². The number of anilines is 1. The number of aromatic nitrogens is 1. The second kappa shape index (κ2) is 4.36. The molecule has 1 aliphatic heterocycles. The van der Waals surface area contributed by atoms with Gasteiger partial charge in [-0.25, -0.2) is 5.14 Å². The molecule has 0 bridgehead atoms. The second-order valence-corrected chi connectivity index (χ2v) is 5.18. The Bertz CT molecular complexity index is 440. The molecule has 0 aromatic carbocycles. The van der Waals surface area contributed by atoms with E-state index in [2.05, 4.69) is 9.88 Å². The van der Waals surface area contributed by atoms with Crippen molar-refractivity contribution < 1.29 is 8.42 Å². The van der Waals surface area contributed by atoms with Crippen LogP contribution in [0.5, 0.6) is 0 Å². The van der Waals surface area contributed by atoms with Crippen molar-refractivity contribution in [2.75, 3.05) is 31.1 Å². The van der Waals surface area contributed by atoms with Gasteiger partial charge in [-0.2, -0.15) is 12.7 Å². The first-order chi connectivity index (χ1) is 7.57. The molecule has 1 saturated heterocycles. The normalized spacial score (nSPS) is 18.7. The molecule has 1 aromatic rings. The molecule has 0 spiro atoms. The Balaban J connectivity index is 2.01. The van der Waals surface area contributed by atoms with Crippen molar-refractivity contribution in [1.82, 2.24) is 9.29 Å². The van der Waals surface area contributed by atoms with Crippen molar-refractivity contribution in [3.8, 4) is 0 Å². The van der Waals surface area contributed by atoms with Crippen LogP contribution in [0.1, 0.15) is 0 Å². The van der Waals surface area contributed by atoms with Gasteiger partial charge in [0.25, 0.3) is 10.2 Å². The molecular weight excluding hydrogens is 228 g/mol. The van der Waals surface area contributed by atoms with Crippen LogP contribution in [0, 0.1) is 0 Å². The molecule has 1 aliphatic rings. The van der Waals surface area contributed by atoms with E-state index < -0.39 is 10.2 Å². The topological polar surface area (TPSA) is 79.5 Å². The first-order valence-corrected chi connectivity index (χ1v) is 6.50. The molecule has 0 saturated carbocycles. The minimum absolute atomic E-state index is 0.432. The molecule has 2 heterocycles. The van der Waals surface area contributed by atoms with E-state index >= 15 is 0 Å². The van der Waals surface area contributed by atoms with Gasteiger partial charge in [-0.05, 0) is 12.1 Å². The van der Waals surface area contributed by atoms with Crippen LogP contribution in [0.4, 0.5) is 5.69 Å². The molecule has 0 atom stereocenters. The summed E-state index contributed by atoms with van der Waals surface area (Å²) in [5.41, 5.74) is 1.06. The lowest BCUT2D eigenvalue weighted by Gasteiger charge is -2.34. The quantitative estimate of drug-likeness (QED) is 0.751. The van der Waals surface area contributed by atoms with Gasteiger partial charge in [-0.1, -0.05) is 0 Å². The number of hydrogen-bond donors (Lipinski definition) is 1. The summed E-state index contributed by atoms with van der Waals surface area (Å²) in [5, 5.41) is 5.06. The molecule has 1 fully saturated rings. The maximum Gasteiger partial charge on any atom is 0.277 e. The Morgan fingerprint density at radius 2 is 1.69 bits per heavy atom. The molecule has 88 valence electrons. The standard InChI is InChI=1S/C9H14N4O2S/c10-16(14,15)13-7-5-12(6-8-13)9-1-3-11-4-2-9/h1-4H,5-8H2,(H2,10,14,15). The number of nitrogens with zero attached hydrogens (tertiary/aromatic N) is 3. The Hall–Kier alpha value is -1.18. The van der Waals surface area contributed by atoms with Gasteiger partial charge in [0.2, 0.25) is 0 Å². The van der Waals surface area contributed by atoms with Crippen LogP contribution in [0.15, 0.2) is 24.5 Å². The minimum atomic E-state index is -3.54. The minimum Gasteiger partial charge on any atom is -0.369 e. The third-order valence-corrected chi connectivity index (χ3v) is 3.71. The summed E-state index contributed by atoms with van der Waals surface area (Å²) in [6, 6.07) is 3.82. The Kier molecular flexibility index (Phi) is 3.08. The van der Waals surface area contributed by atoms with E-state index in [1.807, 2.05) is 12.1 Å². The molecule has 0 amide bonds. The first-order valence-electron chi connectivity index (χ1n) is 5.00. The highest BCUT2D eigenvalue weighted by Crippen LogP contribution is 2.15. The Morgan fingerprint density at radius 1 is 1.12 bits per heavy atom. The van der Waals surface area contributed by atoms with Crippen LogP contribution in [0.2, 0.25) is 0 Å². The summed E-state index contributed by atoms with van der Waals surface area (Å²) in [7, 11) is -3.54. The molecule has 0 unspecified atom stereocenters. The molecule has 2 N–H and O–H groups in total. The van der Waals surface area contributed by atoms with Gasteiger partial charge in [0.05, 0.1) is 0 Å². The fraction of sp³-hybridized carbons (Fsp3) is 0.444. The highest BCUT2D eigenvalue weighted by molar-refractivity contribution is 7.86. The molecule has 7 heteroatoms. The van der Waals surface area contributed by atoms with Crippen LogP contribution < -0.4 is 10.0 Å².